The number of hydrogen-bond donors (Lipinski definition) is 2. The molecule has 0 aliphatic rings. The van der Waals surface area contributed by atoms with Gasteiger partial charge in [0.25, 0.3) is 0 Å². The SMILES string of the molecule is CC(C)(O)c1ccc(-c2nn3cccnc3c2C(=O)O)c(F)c1. The summed E-state index contributed by atoms with van der Waals surface area (Å²) in [7, 11) is 0. The lowest BCUT2D eigenvalue weighted by atomic mass is 9.95. The number of aromatic carboxylic acids is 1. The number of rotatable bonds is 3. The minimum atomic E-state index is -1.24. The van der Waals surface area contributed by atoms with Crippen molar-refractivity contribution in [3.05, 3.63) is 53.6 Å². The molecule has 7 heteroatoms. The quantitative estimate of drug-likeness (QED) is 0.775. The first-order chi connectivity index (χ1) is 10.8. The molecule has 1 aromatic carbocycles. The zero-order chi connectivity index (χ0) is 16.8. The van der Waals surface area contributed by atoms with E-state index < -0.39 is 17.4 Å². The second kappa shape index (κ2) is 5.13. The van der Waals surface area contributed by atoms with E-state index in [-0.39, 0.29) is 22.5 Å². The van der Waals surface area contributed by atoms with Crippen molar-refractivity contribution in [2.24, 2.45) is 0 Å². The second-order valence-electron chi connectivity index (χ2n) is 5.67. The van der Waals surface area contributed by atoms with Crippen LogP contribution in [0.4, 0.5) is 4.39 Å². The number of hydrogen-bond acceptors (Lipinski definition) is 4. The van der Waals surface area contributed by atoms with Gasteiger partial charge in [0.15, 0.2) is 5.65 Å². The Morgan fingerprint density at radius 3 is 2.70 bits per heavy atom. The Morgan fingerprint density at radius 2 is 2.09 bits per heavy atom. The van der Waals surface area contributed by atoms with E-state index in [0.29, 0.717) is 5.56 Å². The van der Waals surface area contributed by atoms with Gasteiger partial charge in [-0.05, 0) is 37.6 Å². The van der Waals surface area contributed by atoms with Crippen LogP contribution in [0.25, 0.3) is 16.9 Å². The van der Waals surface area contributed by atoms with Crippen molar-refractivity contribution in [1.82, 2.24) is 14.6 Å². The molecule has 6 nitrogen and oxygen atoms in total. The zero-order valence-electron chi connectivity index (χ0n) is 12.5. The van der Waals surface area contributed by atoms with Gasteiger partial charge in [-0.1, -0.05) is 6.07 Å². The van der Waals surface area contributed by atoms with E-state index >= 15 is 0 Å². The minimum absolute atomic E-state index is 0.00371. The molecule has 2 heterocycles. The maximum Gasteiger partial charge on any atom is 0.341 e. The van der Waals surface area contributed by atoms with Gasteiger partial charge in [0, 0.05) is 18.0 Å². The van der Waals surface area contributed by atoms with E-state index in [4.69, 9.17) is 0 Å². The lowest BCUT2D eigenvalue weighted by Gasteiger charge is -2.18. The predicted molar refractivity (Wildman–Crippen MR) is 80.6 cm³/mol. The molecule has 0 fully saturated rings. The van der Waals surface area contributed by atoms with Gasteiger partial charge in [0.05, 0.1) is 5.60 Å². The van der Waals surface area contributed by atoms with Gasteiger partial charge in [-0.3, -0.25) is 0 Å². The van der Waals surface area contributed by atoms with Gasteiger partial charge < -0.3 is 10.2 Å². The van der Waals surface area contributed by atoms with Crippen LogP contribution in [0, 0.1) is 5.82 Å². The lowest BCUT2D eigenvalue weighted by Crippen LogP contribution is -2.15. The van der Waals surface area contributed by atoms with Crippen LogP contribution in [0.15, 0.2) is 36.7 Å². The number of aliphatic hydroxyl groups is 1. The summed E-state index contributed by atoms with van der Waals surface area (Å²) in [6.07, 6.45) is 2.99. The number of nitrogens with zero attached hydrogens (tertiary/aromatic N) is 3. The third-order valence-electron chi connectivity index (χ3n) is 3.54. The number of carboxylic acids is 1. The average molecular weight is 315 g/mol. The maximum atomic E-state index is 14.5. The highest BCUT2D eigenvalue weighted by Gasteiger charge is 2.25. The van der Waals surface area contributed by atoms with Crippen molar-refractivity contribution in [1.29, 1.82) is 0 Å². The van der Waals surface area contributed by atoms with Crippen LogP contribution >= 0.6 is 0 Å². The Hall–Kier alpha value is -2.80. The molecule has 0 bridgehead atoms. The molecule has 0 radical (unpaired) electrons. The molecule has 0 atom stereocenters. The van der Waals surface area contributed by atoms with Crippen molar-refractivity contribution in [3.8, 4) is 11.3 Å². The summed E-state index contributed by atoms with van der Waals surface area (Å²) >= 11 is 0. The number of benzene rings is 1. The summed E-state index contributed by atoms with van der Waals surface area (Å²) in [4.78, 5) is 15.5. The Bertz CT molecular complexity index is 913. The fourth-order valence-electron chi connectivity index (χ4n) is 2.36. The summed E-state index contributed by atoms with van der Waals surface area (Å²) in [5.41, 5.74) is -0.800. The molecule has 3 rings (SSSR count). The Kier molecular flexibility index (Phi) is 3.37. The molecule has 0 aliphatic heterocycles. The second-order valence-corrected chi connectivity index (χ2v) is 5.67. The van der Waals surface area contributed by atoms with Gasteiger partial charge in [0.1, 0.15) is 17.1 Å². The smallest absolute Gasteiger partial charge is 0.341 e. The average Bonchev–Trinajstić information content (AvgIpc) is 2.85. The summed E-state index contributed by atoms with van der Waals surface area (Å²) in [6, 6.07) is 5.74. The molecular weight excluding hydrogens is 301 g/mol. The first kappa shape index (κ1) is 15.1. The highest BCUT2D eigenvalue weighted by molar-refractivity contribution is 6.01. The van der Waals surface area contributed by atoms with Crippen LogP contribution in [0.2, 0.25) is 0 Å². The number of fused-ring (bicyclic) bond motifs is 1. The lowest BCUT2D eigenvalue weighted by molar-refractivity contribution is 0.0698. The van der Waals surface area contributed by atoms with Crippen LogP contribution in [0.1, 0.15) is 29.8 Å². The highest BCUT2D eigenvalue weighted by Crippen LogP contribution is 2.30. The van der Waals surface area contributed by atoms with E-state index in [1.165, 1.54) is 22.8 Å². The van der Waals surface area contributed by atoms with E-state index in [2.05, 4.69) is 10.1 Å². The van der Waals surface area contributed by atoms with Crippen LogP contribution in [0.3, 0.4) is 0 Å². The molecule has 0 aliphatic carbocycles. The van der Waals surface area contributed by atoms with Crippen molar-refractivity contribution >= 4 is 11.6 Å². The molecule has 2 aromatic heterocycles. The van der Waals surface area contributed by atoms with Gasteiger partial charge in [-0.2, -0.15) is 5.10 Å². The largest absolute Gasteiger partial charge is 0.477 e. The van der Waals surface area contributed by atoms with Gasteiger partial charge in [0.2, 0.25) is 0 Å². The highest BCUT2D eigenvalue weighted by atomic mass is 19.1. The molecule has 23 heavy (non-hydrogen) atoms. The molecule has 0 amide bonds. The first-order valence-electron chi connectivity index (χ1n) is 6.88. The van der Waals surface area contributed by atoms with Gasteiger partial charge in [-0.25, -0.2) is 18.7 Å². The zero-order valence-corrected chi connectivity index (χ0v) is 12.5. The first-order valence-corrected chi connectivity index (χ1v) is 6.88. The van der Waals surface area contributed by atoms with Crippen LogP contribution in [-0.2, 0) is 5.60 Å². The minimum Gasteiger partial charge on any atom is -0.477 e. The summed E-state index contributed by atoms with van der Waals surface area (Å²) < 4.78 is 15.8. The van der Waals surface area contributed by atoms with Crippen LogP contribution in [0.5, 0.6) is 0 Å². The van der Waals surface area contributed by atoms with E-state index in [1.54, 1.807) is 32.2 Å². The van der Waals surface area contributed by atoms with Crippen LogP contribution < -0.4 is 0 Å². The summed E-state index contributed by atoms with van der Waals surface area (Å²) in [6.45, 7) is 3.08. The van der Waals surface area contributed by atoms with Crippen molar-refractivity contribution in [2.75, 3.05) is 0 Å². The fourth-order valence-corrected chi connectivity index (χ4v) is 2.36. The third-order valence-corrected chi connectivity index (χ3v) is 3.54. The molecule has 2 N–H and O–H groups in total. The maximum absolute atomic E-state index is 14.5. The molecule has 0 saturated heterocycles. The van der Waals surface area contributed by atoms with Crippen molar-refractivity contribution in [2.45, 2.75) is 19.4 Å². The molecule has 3 aromatic rings. The monoisotopic (exact) mass is 315 g/mol. The normalized spacial score (nSPS) is 11.8. The molecule has 0 saturated carbocycles. The third kappa shape index (κ3) is 2.55. The van der Waals surface area contributed by atoms with Gasteiger partial charge in [-0.15, -0.1) is 0 Å². The fraction of sp³-hybridized carbons (Fsp3) is 0.188. The molecule has 118 valence electrons. The summed E-state index contributed by atoms with van der Waals surface area (Å²) in [5, 5.41) is 23.5. The molecule has 0 spiro atoms. The number of carboxylic acid groups (broad SMARTS) is 1. The number of carbonyl (C=O) groups is 1. The van der Waals surface area contributed by atoms with Crippen molar-refractivity contribution < 1.29 is 19.4 Å². The summed E-state index contributed by atoms with van der Waals surface area (Å²) in [5.74, 6) is -1.89. The van der Waals surface area contributed by atoms with E-state index in [9.17, 15) is 19.4 Å². The number of halogens is 1. The van der Waals surface area contributed by atoms with Gasteiger partial charge >= 0.3 is 5.97 Å². The standard InChI is InChI=1S/C16H14FN3O3/c1-16(2,23)9-4-5-10(11(17)8-9)13-12(15(21)22)14-18-6-3-7-20(14)19-13/h3-8,23H,1-2H3,(H,21,22). The van der Waals surface area contributed by atoms with Crippen molar-refractivity contribution in [3.63, 3.8) is 0 Å². The Balaban J connectivity index is 2.25. The molecule has 0 unspecified atom stereocenters. The Labute approximate surface area is 130 Å². The number of aromatic nitrogens is 3. The Morgan fingerprint density at radius 1 is 1.35 bits per heavy atom. The topological polar surface area (TPSA) is 87.7 Å². The predicted octanol–water partition coefficient (Wildman–Crippen LogP) is 2.46. The van der Waals surface area contributed by atoms with Crippen LogP contribution in [-0.4, -0.2) is 30.8 Å². The van der Waals surface area contributed by atoms with E-state index in [1.807, 2.05) is 0 Å². The van der Waals surface area contributed by atoms with E-state index in [0.717, 1.165) is 0 Å². The molecular formula is C16H14FN3O3.